The van der Waals surface area contributed by atoms with Crippen molar-refractivity contribution in [2.75, 3.05) is 32.0 Å². The second-order valence-corrected chi connectivity index (χ2v) is 6.69. The van der Waals surface area contributed by atoms with Crippen LogP contribution in [0.4, 0.5) is 5.69 Å². The third-order valence-electron chi connectivity index (χ3n) is 2.97. The van der Waals surface area contributed by atoms with Crippen LogP contribution in [0.25, 0.3) is 0 Å². The van der Waals surface area contributed by atoms with Crippen molar-refractivity contribution in [1.82, 2.24) is 10.6 Å². The third-order valence-corrected chi connectivity index (χ3v) is 3.66. The fourth-order valence-corrected chi connectivity index (χ4v) is 2.37. The number of para-hydroxylation sites is 1. The van der Waals surface area contributed by atoms with Crippen LogP contribution in [-0.2, 0) is 14.4 Å². The first kappa shape index (κ1) is 20.1. The van der Waals surface area contributed by atoms with E-state index in [2.05, 4.69) is 31.9 Å². The maximum absolute atomic E-state index is 11.8. The minimum atomic E-state index is -0.314. The summed E-state index contributed by atoms with van der Waals surface area (Å²) in [6.07, 6.45) is 0. The fourth-order valence-electron chi connectivity index (χ4n) is 1.98. The zero-order valence-electron chi connectivity index (χ0n) is 14.1. The molecule has 7 nitrogen and oxygen atoms in total. The van der Waals surface area contributed by atoms with Crippen LogP contribution in [0.5, 0.6) is 0 Å². The van der Waals surface area contributed by atoms with Gasteiger partial charge in [0.1, 0.15) is 0 Å². The van der Waals surface area contributed by atoms with Gasteiger partial charge in [0.05, 0.1) is 19.3 Å². The van der Waals surface area contributed by atoms with Crippen LogP contribution in [-0.4, -0.2) is 50.4 Å². The smallest absolute Gasteiger partial charge is 0.275 e. The molecule has 1 aromatic carbocycles. The Morgan fingerprint density at radius 1 is 1.08 bits per heavy atom. The summed E-state index contributed by atoms with van der Waals surface area (Å²) in [6, 6.07) is 7.29. The molecule has 3 amide bonds. The summed E-state index contributed by atoms with van der Waals surface area (Å²) in [5, 5.41) is 8.02. The molecular formula is C16H24BrN4O3+. The molecule has 1 aromatic rings. The molecule has 4 N–H and O–H groups in total. The Balaban J connectivity index is 2.31. The first-order valence-electron chi connectivity index (χ1n) is 7.69. The van der Waals surface area contributed by atoms with Crippen LogP contribution < -0.4 is 20.9 Å². The second-order valence-electron chi connectivity index (χ2n) is 5.84. The monoisotopic (exact) mass is 399 g/mol. The second kappa shape index (κ2) is 10.0. The molecule has 0 aliphatic rings. The molecule has 0 saturated heterocycles. The van der Waals surface area contributed by atoms with E-state index in [0.29, 0.717) is 5.69 Å². The lowest BCUT2D eigenvalue weighted by molar-refractivity contribution is -0.862. The van der Waals surface area contributed by atoms with E-state index < -0.39 is 0 Å². The summed E-state index contributed by atoms with van der Waals surface area (Å²) in [4.78, 5) is 36.0. The Kier molecular flexibility index (Phi) is 8.42. The highest BCUT2D eigenvalue weighted by Crippen LogP contribution is 2.20. The summed E-state index contributed by atoms with van der Waals surface area (Å²) >= 11 is 3.33. The van der Waals surface area contributed by atoms with Crippen molar-refractivity contribution in [2.24, 2.45) is 0 Å². The van der Waals surface area contributed by atoms with E-state index in [4.69, 9.17) is 0 Å². The number of amides is 3. The SMILES string of the molecule is CC(C)NC(=O)C[NH+](C)CC(=O)NCC(=O)Nc1ccccc1Br. The van der Waals surface area contributed by atoms with Crippen LogP contribution in [0.15, 0.2) is 28.7 Å². The molecule has 0 saturated carbocycles. The van der Waals surface area contributed by atoms with Gasteiger partial charge in [0.15, 0.2) is 13.1 Å². The number of nitrogens with one attached hydrogen (secondary N) is 4. The van der Waals surface area contributed by atoms with Crippen molar-refractivity contribution in [2.45, 2.75) is 19.9 Å². The highest BCUT2D eigenvalue weighted by molar-refractivity contribution is 9.10. The third kappa shape index (κ3) is 8.07. The molecule has 1 unspecified atom stereocenters. The minimum Gasteiger partial charge on any atom is -0.349 e. The van der Waals surface area contributed by atoms with Gasteiger partial charge in [-0.3, -0.25) is 14.4 Å². The molecule has 0 aliphatic carbocycles. The van der Waals surface area contributed by atoms with Gasteiger partial charge >= 0.3 is 0 Å². The van der Waals surface area contributed by atoms with Gasteiger partial charge in [-0.25, -0.2) is 0 Å². The normalized spacial score (nSPS) is 11.7. The molecule has 0 spiro atoms. The van der Waals surface area contributed by atoms with Crippen molar-refractivity contribution in [1.29, 1.82) is 0 Å². The first-order chi connectivity index (χ1) is 11.3. The van der Waals surface area contributed by atoms with Crippen LogP contribution in [0.3, 0.4) is 0 Å². The summed E-state index contributed by atoms with van der Waals surface area (Å²) in [5.41, 5.74) is 0.643. The number of halogens is 1. The Hall–Kier alpha value is -1.93. The number of rotatable bonds is 8. The van der Waals surface area contributed by atoms with Gasteiger partial charge in [-0.15, -0.1) is 0 Å². The fraction of sp³-hybridized carbons (Fsp3) is 0.438. The minimum absolute atomic E-state index is 0.0696. The summed E-state index contributed by atoms with van der Waals surface area (Å²) in [6.45, 7) is 3.96. The van der Waals surface area contributed by atoms with E-state index in [1.807, 2.05) is 26.0 Å². The highest BCUT2D eigenvalue weighted by atomic mass is 79.9. The molecule has 0 aromatic heterocycles. The van der Waals surface area contributed by atoms with Crippen LogP contribution in [0.1, 0.15) is 13.8 Å². The lowest BCUT2D eigenvalue weighted by Crippen LogP contribution is -3.11. The van der Waals surface area contributed by atoms with Crippen molar-refractivity contribution in [3.05, 3.63) is 28.7 Å². The van der Waals surface area contributed by atoms with Gasteiger partial charge in [0.25, 0.3) is 11.8 Å². The molecule has 8 heteroatoms. The maximum atomic E-state index is 11.8. The Bertz CT molecular complexity index is 592. The zero-order valence-corrected chi connectivity index (χ0v) is 15.7. The van der Waals surface area contributed by atoms with E-state index in [1.165, 1.54) is 0 Å². The van der Waals surface area contributed by atoms with E-state index in [-0.39, 0.29) is 43.4 Å². The van der Waals surface area contributed by atoms with Gasteiger partial charge in [-0.2, -0.15) is 0 Å². The Morgan fingerprint density at radius 2 is 1.71 bits per heavy atom. The topological polar surface area (TPSA) is 91.7 Å². The van der Waals surface area contributed by atoms with Crippen molar-refractivity contribution >= 4 is 39.3 Å². The van der Waals surface area contributed by atoms with Crippen LogP contribution >= 0.6 is 15.9 Å². The Labute approximate surface area is 150 Å². The lowest BCUT2D eigenvalue weighted by atomic mass is 10.3. The van der Waals surface area contributed by atoms with Crippen molar-refractivity contribution < 1.29 is 19.3 Å². The van der Waals surface area contributed by atoms with Gasteiger partial charge in [-0.05, 0) is 41.9 Å². The quantitative estimate of drug-likeness (QED) is 0.476. The van der Waals surface area contributed by atoms with E-state index in [9.17, 15) is 14.4 Å². The van der Waals surface area contributed by atoms with Crippen LogP contribution in [0, 0.1) is 0 Å². The highest BCUT2D eigenvalue weighted by Gasteiger charge is 2.15. The number of anilines is 1. The van der Waals surface area contributed by atoms with Crippen LogP contribution in [0.2, 0.25) is 0 Å². The maximum Gasteiger partial charge on any atom is 0.275 e. The molecule has 0 fully saturated rings. The molecule has 0 heterocycles. The number of hydrogen-bond acceptors (Lipinski definition) is 3. The molecule has 0 radical (unpaired) electrons. The van der Waals surface area contributed by atoms with Crippen molar-refractivity contribution in [3.63, 3.8) is 0 Å². The molecular weight excluding hydrogens is 376 g/mol. The number of hydrogen-bond donors (Lipinski definition) is 4. The standard InChI is InChI=1S/C16H23BrN4O3/c1-11(2)19-16(24)10-21(3)9-15(23)18-8-14(22)20-13-7-5-4-6-12(13)17/h4-7,11H,8-10H2,1-3H3,(H,18,23)(H,19,24)(H,20,22)/p+1. The number of carbonyl (C=O) groups excluding carboxylic acids is 3. The lowest BCUT2D eigenvalue weighted by Gasteiger charge is -2.15. The van der Waals surface area contributed by atoms with E-state index >= 15 is 0 Å². The molecule has 0 bridgehead atoms. The first-order valence-corrected chi connectivity index (χ1v) is 8.49. The van der Waals surface area contributed by atoms with E-state index in [1.54, 1.807) is 19.2 Å². The predicted octanol–water partition coefficient (Wildman–Crippen LogP) is -0.457. The molecule has 1 atom stereocenters. The van der Waals surface area contributed by atoms with Gasteiger partial charge in [0.2, 0.25) is 5.91 Å². The number of benzene rings is 1. The van der Waals surface area contributed by atoms with Gasteiger partial charge in [-0.1, -0.05) is 12.1 Å². The molecule has 1 rings (SSSR count). The number of quaternary nitrogens is 1. The Morgan fingerprint density at radius 3 is 2.33 bits per heavy atom. The predicted molar refractivity (Wildman–Crippen MR) is 95.7 cm³/mol. The summed E-state index contributed by atoms with van der Waals surface area (Å²) < 4.78 is 0.769. The van der Waals surface area contributed by atoms with E-state index in [0.717, 1.165) is 9.37 Å². The average Bonchev–Trinajstić information content (AvgIpc) is 2.46. The number of likely N-dealkylation sites (N-methyl/N-ethyl adjacent to an activating group) is 1. The van der Waals surface area contributed by atoms with Gasteiger partial charge in [0, 0.05) is 10.5 Å². The van der Waals surface area contributed by atoms with Crippen molar-refractivity contribution in [3.8, 4) is 0 Å². The summed E-state index contributed by atoms with van der Waals surface area (Å²) in [7, 11) is 1.75. The van der Waals surface area contributed by atoms with Gasteiger partial charge < -0.3 is 20.9 Å². The zero-order chi connectivity index (χ0) is 18.1. The average molecular weight is 400 g/mol. The molecule has 0 aliphatic heterocycles. The largest absolute Gasteiger partial charge is 0.349 e. The number of carbonyl (C=O) groups is 3. The molecule has 132 valence electrons. The summed E-state index contributed by atoms with van der Waals surface area (Å²) in [5.74, 6) is -0.709. The molecule has 24 heavy (non-hydrogen) atoms.